The van der Waals surface area contributed by atoms with Gasteiger partial charge in [0.1, 0.15) is 0 Å². The Labute approximate surface area is 132 Å². The van der Waals surface area contributed by atoms with E-state index in [1.165, 1.54) is 47.0 Å². The maximum atomic E-state index is 6.65. The zero-order valence-corrected chi connectivity index (χ0v) is 13.7. The number of pyridine rings is 1. The average molecular weight is 292 g/mol. The monoisotopic (exact) mass is 292 g/mol. The summed E-state index contributed by atoms with van der Waals surface area (Å²) in [6, 6.07) is 4.40. The second-order valence-electron chi connectivity index (χ2n) is 7.14. The molecule has 2 nitrogen and oxygen atoms in total. The molecule has 0 radical (unpaired) electrons. The summed E-state index contributed by atoms with van der Waals surface area (Å²) >= 11 is 0. The van der Waals surface area contributed by atoms with E-state index < -0.39 is 0 Å². The summed E-state index contributed by atoms with van der Waals surface area (Å²) in [6.45, 7) is 6.56. The van der Waals surface area contributed by atoms with E-state index in [-0.39, 0.29) is 0 Å². The second kappa shape index (κ2) is 4.84. The van der Waals surface area contributed by atoms with Gasteiger partial charge in [0.15, 0.2) is 0 Å². The first-order chi connectivity index (χ1) is 10.6. The number of fused-ring (bicyclic) bond motifs is 5. The van der Waals surface area contributed by atoms with Crippen LogP contribution in [0.2, 0.25) is 0 Å². The van der Waals surface area contributed by atoms with Crippen molar-refractivity contribution in [3.05, 3.63) is 46.2 Å². The second-order valence-corrected chi connectivity index (χ2v) is 7.14. The molecule has 2 atom stereocenters. The van der Waals surface area contributed by atoms with Crippen molar-refractivity contribution in [3.8, 4) is 0 Å². The van der Waals surface area contributed by atoms with Gasteiger partial charge in [0.25, 0.3) is 0 Å². The number of benzene rings is 1. The van der Waals surface area contributed by atoms with Gasteiger partial charge >= 0.3 is 0 Å². The van der Waals surface area contributed by atoms with E-state index in [0.29, 0.717) is 11.8 Å². The van der Waals surface area contributed by atoms with Crippen LogP contribution in [0.3, 0.4) is 0 Å². The number of hydrogen-bond acceptors (Lipinski definition) is 2. The lowest BCUT2D eigenvalue weighted by Crippen LogP contribution is -2.24. The zero-order chi connectivity index (χ0) is 15.4. The Morgan fingerprint density at radius 2 is 2.05 bits per heavy atom. The summed E-state index contributed by atoms with van der Waals surface area (Å²) in [5.74, 6) is 1.24. The third kappa shape index (κ3) is 1.97. The maximum absolute atomic E-state index is 6.65. The van der Waals surface area contributed by atoms with Gasteiger partial charge in [-0.25, -0.2) is 0 Å². The van der Waals surface area contributed by atoms with Crippen LogP contribution >= 0.6 is 0 Å². The fraction of sp³-hybridized carbons (Fsp3) is 0.450. The van der Waals surface area contributed by atoms with E-state index >= 15 is 0 Å². The lowest BCUT2D eigenvalue weighted by atomic mass is 9.70. The summed E-state index contributed by atoms with van der Waals surface area (Å²) in [5, 5.41) is 1.18. The van der Waals surface area contributed by atoms with Crippen LogP contribution in [-0.2, 0) is 6.42 Å². The van der Waals surface area contributed by atoms with Crippen molar-refractivity contribution in [3.63, 3.8) is 0 Å². The Bertz CT molecular complexity index is 801. The van der Waals surface area contributed by atoms with Crippen LogP contribution in [-0.4, -0.2) is 4.98 Å². The van der Waals surface area contributed by atoms with Crippen molar-refractivity contribution in [1.29, 1.82) is 0 Å². The van der Waals surface area contributed by atoms with E-state index in [1.807, 2.05) is 0 Å². The molecule has 2 aliphatic rings. The van der Waals surface area contributed by atoms with Crippen molar-refractivity contribution in [2.45, 2.75) is 52.4 Å². The molecule has 2 aromatic rings. The molecule has 2 aliphatic carbocycles. The Morgan fingerprint density at radius 3 is 2.82 bits per heavy atom. The van der Waals surface area contributed by atoms with Crippen LogP contribution in [0.25, 0.3) is 10.9 Å². The molecular weight excluding hydrogens is 268 g/mol. The fourth-order valence-corrected chi connectivity index (χ4v) is 4.60. The lowest BCUT2D eigenvalue weighted by molar-refractivity contribution is 0.429. The van der Waals surface area contributed by atoms with Crippen LogP contribution in [0.5, 0.6) is 0 Å². The molecule has 0 saturated heterocycles. The summed E-state index contributed by atoms with van der Waals surface area (Å²) in [4.78, 5) is 5.02. The van der Waals surface area contributed by atoms with Gasteiger partial charge in [0.2, 0.25) is 0 Å². The van der Waals surface area contributed by atoms with Crippen LogP contribution in [0.4, 0.5) is 5.69 Å². The van der Waals surface area contributed by atoms with Gasteiger partial charge in [-0.05, 0) is 68.6 Å². The quantitative estimate of drug-likeness (QED) is 0.765. The van der Waals surface area contributed by atoms with E-state index in [0.717, 1.165) is 17.6 Å². The molecule has 0 fully saturated rings. The fourth-order valence-electron chi connectivity index (χ4n) is 4.60. The molecule has 4 rings (SSSR count). The minimum Gasteiger partial charge on any atom is -0.398 e. The summed E-state index contributed by atoms with van der Waals surface area (Å²) in [7, 11) is 0. The van der Waals surface area contributed by atoms with E-state index in [9.17, 15) is 0 Å². The molecule has 2 N–H and O–H groups in total. The standard InChI is InChI=1S/C20H24N2/c1-4-13-7-14-9-15(8-13)19-17(10-14)22-16-6-11(2)5-12(3)18(16)20(19)21/h5-7,14-15H,4,8-10H2,1-3H3,(H2,21,22)/t14-,15+/m1/s1. The van der Waals surface area contributed by atoms with E-state index in [2.05, 4.69) is 39.0 Å². The third-order valence-corrected chi connectivity index (χ3v) is 5.47. The van der Waals surface area contributed by atoms with Gasteiger partial charge in [-0.2, -0.15) is 0 Å². The number of anilines is 1. The predicted octanol–water partition coefficient (Wildman–Crippen LogP) is 4.82. The molecule has 0 spiro atoms. The van der Waals surface area contributed by atoms with Gasteiger partial charge in [-0.15, -0.1) is 0 Å². The number of aromatic nitrogens is 1. The molecular formula is C20H24N2. The first kappa shape index (κ1) is 13.8. The number of nitrogens with zero attached hydrogens (tertiary/aromatic N) is 1. The Balaban J connectivity index is 1.95. The highest BCUT2D eigenvalue weighted by atomic mass is 14.8. The van der Waals surface area contributed by atoms with Crippen molar-refractivity contribution in [2.24, 2.45) is 5.92 Å². The number of nitrogen functional groups attached to an aromatic ring is 1. The molecule has 0 saturated carbocycles. The molecule has 1 heterocycles. The molecule has 1 aromatic heterocycles. The normalized spacial score (nSPS) is 23.3. The van der Waals surface area contributed by atoms with Gasteiger partial charge in [0, 0.05) is 22.3 Å². The number of hydrogen-bond donors (Lipinski definition) is 1. The molecule has 0 amide bonds. The Kier molecular flexibility index (Phi) is 3.04. The van der Waals surface area contributed by atoms with Gasteiger partial charge in [-0.3, -0.25) is 4.98 Å². The SMILES string of the molecule is CCC1=C[C@H]2Cc3nc4cc(C)cc(C)c4c(N)c3[C@@H](C1)C2. The zero-order valence-electron chi connectivity index (χ0n) is 13.7. The summed E-state index contributed by atoms with van der Waals surface area (Å²) in [5.41, 5.74) is 15.5. The lowest BCUT2D eigenvalue weighted by Gasteiger charge is -2.36. The highest BCUT2D eigenvalue weighted by Gasteiger charge is 2.33. The predicted molar refractivity (Wildman–Crippen MR) is 93.2 cm³/mol. The number of allylic oxidation sites excluding steroid dienone is 2. The minimum absolute atomic E-state index is 0.575. The van der Waals surface area contributed by atoms with Crippen molar-refractivity contribution in [1.82, 2.24) is 4.98 Å². The number of aryl methyl sites for hydroxylation is 2. The molecule has 1 aromatic carbocycles. The minimum atomic E-state index is 0.575. The summed E-state index contributed by atoms with van der Waals surface area (Å²) in [6.07, 6.45) is 7.15. The first-order valence-electron chi connectivity index (χ1n) is 8.45. The van der Waals surface area contributed by atoms with Gasteiger partial charge in [0.05, 0.1) is 5.52 Å². The van der Waals surface area contributed by atoms with Crippen molar-refractivity contribution < 1.29 is 0 Å². The van der Waals surface area contributed by atoms with Crippen LogP contribution in [0, 0.1) is 19.8 Å². The number of rotatable bonds is 1. The van der Waals surface area contributed by atoms with E-state index in [1.54, 1.807) is 5.57 Å². The van der Waals surface area contributed by atoms with Crippen LogP contribution < -0.4 is 5.73 Å². The topological polar surface area (TPSA) is 38.9 Å². The maximum Gasteiger partial charge on any atom is 0.0731 e. The molecule has 0 aliphatic heterocycles. The third-order valence-electron chi connectivity index (χ3n) is 5.47. The highest BCUT2D eigenvalue weighted by molar-refractivity contribution is 5.95. The molecule has 114 valence electrons. The highest BCUT2D eigenvalue weighted by Crippen LogP contribution is 2.47. The molecule has 2 bridgehead atoms. The van der Waals surface area contributed by atoms with Crippen LogP contribution in [0.15, 0.2) is 23.8 Å². The van der Waals surface area contributed by atoms with Gasteiger partial charge in [-0.1, -0.05) is 24.6 Å². The average Bonchev–Trinajstić information content (AvgIpc) is 2.45. The first-order valence-corrected chi connectivity index (χ1v) is 8.45. The summed E-state index contributed by atoms with van der Waals surface area (Å²) < 4.78 is 0. The van der Waals surface area contributed by atoms with Crippen molar-refractivity contribution in [2.75, 3.05) is 5.73 Å². The van der Waals surface area contributed by atoms with E-state index in [4.69, 9.17) is 10.7 Å². The Morgan fingerprint density at radius 1 is 1.23 bits per heavy atom. The molecule has 22 heavy (non-hydrogen) atoms. The van der Waals surface area contributed by atoms with Crippen molar-refractivity contribution >= 4 is 16.6 Å². The van der Waals surface area contributed by atoms with Crippen LogP contribution in [0.1, 0.15) is 54.5 Å². The Hall–Kier alpha value is -1.83. The smallest absolute Gasteiger partial charge is 0.0731 e. The number of nitrogens with two attached hydrogens (primary N) is 1. The molecule has 0 unspecified atom stereocenters. The largest absolute Gasteiger partial charge is 0.398 e. The molecule has 2 heteroatoms. The van der Waals surface area contributed by atoms with Gasteiger partial charge < -0.3 is 5.73 Å².